The molecule has 0 amide bonds. The van der Waals surface area contributed by atoms with Gasteiger partial charge in [-0.15, -0.1) is 0 Å². The van der Waals surface area contributed by atoms with Gasteiger partial charge in [0.25, 0.3) is 10.0 Å². The Morgan fingerprint density at radius 1 is 0.581 bits per heavy atom. The van der Waals surface area contributed by atoms with Crippen LogP contribution in [-0.4, -0.2) is 48.8 Å². The lowest BCUT2D eigenvalue weighted by Crippen LogP contribution is -2.40. The standard InChI is InChI=1S/C27H26N6O2S2.C20H15ClN4/c1-27(2,3)33-37(34,35)22-17-30-26(36-22)25-31-21-14-9-13-20(18-10-5-4-6-11-18)23(21)24(32-25)29-16-19-12-7-8-15-28-19;21-20-24-17-11-6-10-16(14-7-2-1-3-8-14)18(17)19(25-20)23-13-15-9-4-5-12-22-15/h4-15,17,33H,16H2,1-3H3,(H,29,31,32);1-12H,13H2,(H,23,24,25). The highest BCUT2D eigenvalue weighted by Crippen LogP contribution is 2.36. The van der Waals surface area contributed by atoms with Crippen LogP contribution < -0.4 is 15.4 Å². The molecule has 0 unspecified atom stereocenters. The first-order chi connectivity index (χ1) is 30.0. The maximum Gasteiger partial charge on any atom is 0.252 e. The van der Waals surface area contributed by atoms with Crippen molar-refractivity contribution < 1.29 is 8.42 Å². The number of halogens is 1. The molecule has 9 aromatic rings. The van der Waals surface area contributed by atoms with Crippen LogP contribution in [0.5, 0.6) is 0 Å². The Kier molecular flexibility index (Phi) is 12.5. The average Bonchev–Trinajstić information content (AvgIpc) is 3.80. The summed E-state index contributed by atoms with van der Waals surface area (Å²) >= 11 is 7.17. The third kappa shape index (κ3) is 10.1. The molecule has 310 valence electrons. The number of thiazole rings is 1. The monoisotopic (exact) mass is 876 g/mol. The van der Waals surface area contributed by atoms with Gasteiger partial charge in [-0.05, 0) is 91.0 Å². The van der Waals surface area contributed by atoms with Crippen LogP contribution in [0.25, 0.3) is 54.9 Å². The highest BCUT2D eigenvalue weighted by Gasteiger charge is 2.26. The lowest BCUT2D eigenvalue weighted by Gasteiger charge is -2.19. The number of nitrogens with zero attached hydrogens (tertiary/aromatic N) is 7. The molecule has 0 bridgehead atoms. The number of hydrogen-bond acceptors (Lipinski definition) is 12. The van der Waals surface area contributed by atoms with Crippen LogP contribution in [-0.2, 0) is 23.1 Å². The zero-order chi connectivity index (χ0) is 43.1. The minimum absolute atomic E-state index is 0.113. The zero-order valence-corrected chi connectivity index (χ0v) is 36.4. The van der Waals surface area contributed by atoms with Gasteiger partial charge in [-0.2, -0.15) is 0 Å². The largest absolute Gasteiger partial charge is 0.364 e. The normalized spacial score (nSPS) is 11.5. The summed E-state index contributed by atoms with van der Waals surface area (Å²) < 4.78 is 28.4. The molecule has 0 aliphatic carbocycles. The molecule has 5 heterocycles. The first-order valence-corrected chi connectivity index (χ1v) is 22.3. The molecule has 0 aliphatic heterocycles. The lowest BCUT2D eigenvalue weighted by molar-refractivity contribution is 0.492. The maximum absolute atomic E-state index is 12.8. The quantitative estimate of drug-likeness (QED) is 0.106. The Bertz CT molecular complexity index is 3060. The lowest BCUT2D eigenvalue weighted by atomic mass is 10.0. The Hall–Kier alpha value is -6.71. The molecule has 0 fully saturated rings. The van der Waals surface area contributed by atoms with E-state index in [0.717, 1.165) is 66.8 Å². The van der Waals surface area contributed by atoms with Crippen LogP contribution in [0.3, 0.4) is 0 Å². The van der Waals surface area contributed by atoms with Crippen molar-refractivity contribution in [2.45, 2.75) is 43.6 Å². The summed E-state index contributed by atoms with van der Waals surface area (Å²) in [5.41, 5.74) is 6.93. The highest BCUT2D eigenvalue weighted by atomic mass is 35.5. The van der Waals surface area contributed by atoms with Crippen molar-refractivity contribution in [2.75, 3.05) is 10.6 Å². The first kappa shape index (κ1) is 42.0. The number of hydrogen-bond donors (Lipinski definition) is 3. The molecule has 0 spiro atoms. The van der Waals surface area contributed by atoms with Crippen molar-refractivity contribution in [1.29, 1.82) is 0 Å². The van der Waals surface area contributed by atoms with Crippen LogP contribution in [0, 0.1) is 0 Å². The third-order valence-corrected chi connectivity index (χ3v) is 12.7. The molecule has 5 aromatic heterocycles. The van der Waals surface area contributed by atoms with E-state index in [0.29, 0.717) is 35.6 Å². The summed E-state index contributed by atoms with van der Waals surface area (Å²) in [6.07, 6.45) is 4.87. The number of rotatable bonds is 11. The van der Waals surface area contributed by atoms with Gasteiger partial charge >= 0.3 is 0 Å². The molecule has 62 heavy (non-hydrogen) atoms. The van der Waals surface area contributed by atoms with Crippen LogP contribution in [0.2, 0.25) is 5.28 Å². The van der Waals surface area contributed by atoms with Crippen molar-refractivity contribution in [3.63, 3.8) is 0 Å². The number of benzene rings is 4. The topological polar surface area (TPSA) is 160 Å². The smallest absolute Gasteiger partial charge is 0.252 e. The van der Waals surface area contributed by atoms with E-state index in [1.807, 2.05) is 115 Å². The molecular weight excluding hydrogens is 836 g/mol. The molecular formula is C47H41ClN10O2S2. The number of fused-ring (bicyclic) bond motifs is 2. The second-order valence-corrected chi connectivity index (χ2v) is 18.3. The highest BCUT2D eigenvalue weighted by molar-refractivity contribution is 7.91. The van der Waals surface area contributed by atoms with Crippen molar-refractivity contribution in [2.24, 2.45) is 0 Å². The van der Waals surface area contributed by atoms with Gasteiger partial charge < -0.3 is 10.6 Å². The van der Waals surface area contributed by atoms with Gasteiger partial charge in [0, 0.05) is 17.9 Å². The van der Waals surface area contributed by atoms with Gasteiger partial charge in [0.1, 0.15) is 11.6 Å². The molecule has 12 nitrogen and oxygen atoms in total. The summed E-state index contributed by atoms with van der Waals surface area (Å²) in [5.74, 6) is 1.68. The minimum atomic E-state index is -3.72. The van der Waals surface area contributed by atoms with E-state index in [-0.39, 0.29) is 9.49 Å². The number of pyridine rings is 2. The molecule has 0 saturated carbocycles. The first-order valence-electron chi connectivity index (χ1n) is 19.7. The summed E-state index contributed by atoms with van der Waals surface area (Å²) in [6.45, 7) is 6.41. The predicted molar refractivity (Wildman–Crippen MR) is 249 cm³/mol. The maximum atomic E-state index is 12.8. The van der Waals surface area contributed by atoms with E-state index >= 15 is 0 Å². The zero-order valence-electron chi connectivity index (χ0n) is 34.0. The van der Waals surface area contributed by atoms with Gasteiger partial charge in [0.2, 0.25) is 5.28 Å². The van der Waals surface area contributed by atoms with Crippen LogP contribution in [0.4, 0.5) is 11.6 Å². The van der Waals surface area contributed by atoms with E-state index in [9.17, 15) is 8.42 Å². The van der Waals surface area contributed by atoms with Gasteiger partial charge in [-0.25, -0.2) is 38.1 Å². The summed E-state index contributed by atoms with van der Waals surface area (Å²) in [5, 5.41) is 9.24. The Balaban J connectivity index is 0.000000184. The fourth-order valence-corrected chi connectivity index (χ4v) is 9.36. The second-order valence-electron chi connectivity index (χ2n) is 15.1. The van der Waals surface area contributed by atoms with Crippen LogP contribution in [0.15, 0.2) is 156 Å². The van der Waals surface area contributed by atoms with E-state index in [1.54, 1.807) is 33.2 Å². The van der Waals surface area contributed by atoms with E-state index in [2.05, 4.69) is 58.5 Å². The van der Waals surface area contributed by atoms with Crippen molar-refractivity contribution >= 4 is 66.4 Å². The van der Waals surface area contributed by atoms with Crippen LogP contribution in [0.1, 0.15) is 32.2 Å². The van der Waals surface area contributed by atoms with Gasteiger partial charge in [0.05, 0.1) is 52.5 Å². The number of nitrogens with one attached hydrogen (secondary N) is 3. The summed E-state index contributed by atoms with van der Waals surface area (Å²) in [7, 11) is -3.72. The minimum Gasteiger partial charge on any atom is -0.364 e. The molecule has 9 rings (SSSR count). The molecule has 0 saturated heterocycles. The molecule has 0 radical (unpaired) electrons. The molecule has 0 atom stereocenters. The van der Waals surface area contributed by atoms with Crippen molar-refractivity contribution in [1.82, 2.24) is 39.6 Å². The number of anilines is 2. The third-order valence-electron chi connectivity index (χ3n) is 9.30. The van der Waals surface area contributed by atoms with Crippen molar-refractivity contribution in [3.05, 3.63) is 169 Å². The predicted octanol–water partition coefficient (Wildman–Crippen LogP) is 10.5. The van der Waals surface area contributed by atoms with Crippen molar-refractivity contribution in [3.8, 4) is 33.1 Å². The Morgan fingerprint density at radius 3 is 1.61 bits per heavy atom. The molecule has 4 aromatic carbocycles. The second kappa shape index (κ2) is 18.5. The van der Waals surface area contributed by atoms with Gasteiger partial charge in [0.15, 0.2) is 15.0 Å². The summed E-state index contributed by atoms with van der Waals surface area (Å²) in [4.78, 5) is 31.5. The Morgan fingerprint density at radius 2 is 1.10 bits per heavy atom. The SMILES string of the molecule is CC(C)(C)NS(=O)(=O)c1cnc(-c2nc(NCc3ccccn3)c3c(-c4ccccc4)cccc3n2)s1.Clc1nc(NCc2ccccn2)c2c(-c3ccccc3)cccc2n1. The number of sulfonamides is 1. The number of aromatic nitrogens is 7. The fourth-order valence-electron chi connectivity index (χ4n) is 6.70. The van der Waals surface area contributed by atoms with Crippen LogP contribution >= 0.6 is 22.9 Å². The van der Waals surface area contributed by atoms with E-state index in [1.165, 1.54) is 6.20 Å². The Labute approximate surface area is 368 Å². The summed E-state index contributed by atoms with van der Waals surface area (Å²) in [6, 6.07) is 43.7. The molecule has 0 aliphatic rings. The molecule has 3 N–H and O–H groups in total. The van der Waals surface area contributed by atoms with E-state index in [4.69, 9.17) is 21.6 Å². The average molecular weight is 877 g/mol. The van der Waals surface area contributed by atoms with Gasteiger partial charge in [-0.3, -0.25) is 9.97 Å². The fraction of sp³-hybridized carbons (Fsp3) is 0.128. The van der Waals surface area contributed by atoms with E-state index < -0.39 is 15.6 Å². The molecule has 15 heteroatoms. The van der Waals surface area contributed by atoms with Gasteiger partial charge in [-0.1, -0.05) is 108 Å².